The molecule has 0 bridgehead atoms. The number of rotatable bonds is 4. The topological polar surface area (TPSA) is 132 Å². The van der Waals surface area contributed by atoms with Crippen LogP contribution in [0.15, 0.2) is 47.1 Å². The van der Waals surface area contributed by atoms with Crippen LogP contribution in [-0.4, -0.2) is 39.8 Å². The molecule has 0 amide bonds. The van der Waals surface area contributed by atoms with Crippen molar-refractivity contribution in [3.63, 3.8) is 0 Å². The van der Waals surface area contributed by atoms with E-state index in [-0.39, 0.29) is 10.0 Å². The lowest BCUT2D eigenvalue weighted by Crippen LogP contribution is -1.92. The molecule has 0 radical (unpaired) electrons. The van der Waals surface area contributed by atoms with Crippen LogP contribution in [0.3, 0.4) is 0 Å². The Bertz CT molecular complexity index is 1290. The minimum Gasteiger partial charge on any atom is -0.358 e. The Kier molecular flexibility index (Phi) is 3.97. The number of nitrogens with one attached hydrogen (secondary N) is 1. The summed E-state index contributed by atoms with van der Waals surface area (Å²) in [7, 11) is -3.31. The normalized spacial score (nSPS) is 11.7. The van der Waals surface area contributed by atoms with Crippen LogP contribution in [0.5, 0.6) is 0 Å². The van der Waals surface area contributed by atoms with E-state index in [1.807, 2.05) is 0 Å². The summed E-state index contributed by atoms with van der Waals surface area (Å²) in [5.41, 5.74) is 2.13. The van der Waals surface area contributed by atoms with Crippen molar-refractivity contribution in [3.8, 4) is 21.7 Å². The lowest BCUT2D eigenvalue weighted by molar-refractivity contribution is -0.388. The van der Waals surface area contributed by atoms with E-state index >= 15 is 0 Å². The summed E-state index contributed by atoms with van der Waals surface area (Å²) in [5.74, 6) is -0.275. The molecular weight excluding hydrogens is 390 g/mol. The van der Waals surface area contributed by atoms with Crippen molar-refractivity contribution in [2.75, 3.05) is 6.26 Å². The molecule has 0 saturated heterocycles. The van der Waals surface area contributed by atoms with E-state index in [1.54, 1.807) is 24.3 Å². The second kappa shape index (κ2) is 6.21. The molecule has 0 fully saturated rings. The summed E-state index contributed by atoms with van der Waals surface area (Å²) < 4.78 is 23.8. The van der Waals surface area contributed by atoms with E-state index in [0.29, 0.717) is 32.6 Å². The predicted molar refractivity (Wildman–Crippen MR) is 100 cm³/mol. The maximum atomic E-state index is 11.8. The Labute approximate surface area is 156 Å². The van der Waals surface area contributed by atoms with E-state index in [4.69, 9.17) is 0 Å². The standard InChI is InChI=1S/C16H11N5O4S2/c1-27(24,25)14-5-4-13(26-14)15-10-6-9(2-3-12(10)17-8-18-15)11-7-19-20-16(11)21(22)23/h2-8H,1H3,(H,19,20). The van der Waals surface area contributed by atoms with Crippen molar-refractivity contribution >= 4 is 37.9 Å². The van der Waals surface area contributed by atoms with Gasteiger partial charge in [-0.2, -0.15) is 5.10 Å². The highest BCUT2D eigenvalue weighted by Gasteiger charge is 2.20. The molecule has 1 N–H and O–H groups in total. The van der Waals surface area contributed by atoms with Crippen molar-refractivity contribution in [2.24, 2.45) is 0 Å². The van der Waals surface area contributed by atoms with Crippen LogP contribution in [0.1, 0.15) is 0 Å². The molecule has 3 aromatic heterocycles. The number of aromatic nitrogens is 4. The molecule has 3 heterocycles. The maximum Gasteiger partial charge on any atom is 0.397 e. The van der Waals surface area contributed by atoms with Gasteiger partial charge in [-0.05, 0) is 34.8 Å². The summed E-state index contributed by atoms with van der Waals surface area (Å²) in [6, 6.07) is 8.41. The van der Waals surface area contributed by atoms with Gasteiger partial charge in [-0.15, -0.1) is 11.3 Å². The van der Waals surface area contributed by atoms with Crippen LogP contribution in [-0.2, 0) is 9.84 Å². The van der Waals surface area contributed by atoms with Crippen molar-refractivity contribution < 1.29 is 13.3 Å². The van der Waals surface area contributed by atoms with E-state index < -0.39 is 14.8 Å². The zero-order valence-electron chi connectivity index (χ0n) is 13.8. The lowest BCUT2D eigenvalue weighted by atomic mass is 10.0. The predicted octanol–water partition coefficient (Wildman–Crippen LogP) is 3.06. The summed E-state index contributed by atoms with van der Waals surface area (Å²) in [5, 5.41) is 18.0. The number of nitrogens with zero attached hydrogens (tertiary/aromatic N) is 4. The van der Waals surface area contributed by atoms with Gasteiger partial charge in [0, 0.05) is 11.6 Å². The van der Waals surface area contributed by atoms with Gasteiger partial charge < -0.3 is 10.1 Å². The molecule has 27 heavy (non-hydrogen) atoms. The summed E-state index contributed by atoms with van der Waals surface area (Å²) in [6.45, 7) is 0. The van der Waals surface area contributed by atoms with Crippen molar-refractivity contribution in [2.45, 2.75) is 4.21 Å². The molecule has 4 aromatic rings. The number of fused-ring (bicyclic) bond motifs is 1. The van der Waals surface area contributed by atoms with Crippen LogP contribution in [0, 0.1) is 10.1 Å². The number of hydrogen-bond donors (Lipinski definition) is 1. The zero-order chi connectivity index (χ0) is 19.2. The highest BCUT2D eigenvalue weighted by Crippen LogP contribution is 2.36. The maximum absolute atomic E-state index is 11.8. The molecule has 4 rings (SSSR count). The number of aromatic amines is 1. The first-order chi connectivity index (χ1) is 12.8. The molecule has 136 valence electrons. The van der Waals surface area contributed by atoms with Gasteiger partial charge >= 0.3 is 5.82 Å². The molecule has 11 heteroatoms. The molecule has 0 aliphatic carbocycles. The van der Waals surface area contributed by atoms with Crippen molar-refractivity contribution in [1.29, 1.82) is 0 Å². The molecular formula is C16H11N5O4S2. The van der Waals surface area contributed by atoms with Crippen LogP contribution < -0.4 is 0 Å². The molecule has 0 unspecified atom stereocenters. The second-order valence-electron chi connectivity index (χ2n) is 5.72. The minimum atomic E-state index is -3.31. The summed E-state index contributed by atoms with van der Waals surface area (Å²) in [6.07, 6.45) is 4.00. The fraction of sp³-hybridized carbons (Fsp3) is 0.0625. The third-order valence-corrected chi connectivity index (χ3v) is 6.83. The van der Waals surface area contributed by atoms with Crippen LogP contribution in [0.4, 0.5) is 5.82 Å². The first-order valence-electron chi connectivity index (χ1n) is 7.58. The van der Waals surface area contributed by atoms with Crippen LogP contribution in [0.2, 0.25) is 0 Å². The Morgan fingerprint density at radius 2 is 2.00 bits per heavy atom. The second-order valence-corrected chi connectivity index (χ2v) is 9.05. The molecule has 9 nitrogen and oxygen atoms in total. The minimum absolute atomic E-state index is 0.242. The monoisotopic (exact) mass is 401 g/mol. The quantitative estimate of drug-likeness (QED) is 0.410. The molecule has 0 atom stereocenters. The largest absolute Gasteiger partial charge is 0.397 e. The average Bonchev–Trinajstić information content (AvgIpc) is 3.30. The average molecular weight is 401 g/mol. The Morgan fingerprint density at radius 1 is 1.19 bits per heavy atom. The van der Waals surface area contributed by atoms with Crippen LogP contribution in [0.25, 0.3) is 32.6 Å². The lowest BCUT2D eigenvalue weighted by Gasteiger charge is -2.05. The number of thiophene rings is 1. The molecule has 0 aliphatic heterocycles. The fourth-order valence-electron chi connectivity index (χ4n) is 2.70. The zero-order valence-corrected chi connectivity index (χ0v) is 15.4. The highest BCUT2D eigenvalue weighted by molar-refractivity contribution is 7.92. The molecule has 0 saturated carbocycles. The van der Waals surface area contributed by atoms with Crippen molar-refractivity contribution in [1.82, 2.24) is 20.2 Å². The molecule has 0 aliphatic rings. The van der Waals surface area contributed by atoms with E-state index in [9.17, 15) is 18.5 Å². The van der Waals surface area contributed by atoms with Crippen molar-refractivity contribution in [3.05, 3.63) is 53.0 Å². The molecule has 1 aromatic carbocycles. The molecule has 0 spiro atoms. The number of hydrogen-bond acceptors (Lipinski definition) is 8. The summed E-state index contributed by atoms with van der Waals surface area (Å²) in [4.78, 5) is 19.8. The van der Waals surface area contributed by atoms with Gasteiger partial charge in [0.2, 0.25) is 0 Å². The number of nitro groups is 1. The van der Waals surface area contributed by atoms with E-state index in [0.717, 1.165) is 17.6 Å². The number of H-pyrrole nitrogens is 1. The van der Waals surface area contributed by atoms with Crippen LogP contribution >= 0.6 is 11.3 Å². The Balaban J connectivity index is 1.91. The van der Waals surface area contributed by atoms with E-state index in [1.165, 1.54) is 18.6 Å². The third-order valence-electron chi connectivity index (χ3n) is 3.92. The van der Waals surface area contributed by atoms with Gasteiger partial charge in [-0.25, -0.2) is 18.4 Å². The highest BCUT2D eigenvalue weighted by atomic mass is 32.2. The first kappa shape index (κ1) is 17.2. The van der Waals surface area contributed by atoms with Gasteiger partial charge in [0.15, 0.2) is 9.84 Å². The van der Waals surface area contributed by atoms with Gasteiger partial charge in [-0.1, -0.05) is 6.07 Å². The van der Waals surface area contributed by atoms with Gasteiger partial charge in [-0.3, -0.25) is 0 Å². The van der Waals surface area contributed by atoms with Gasteiger partial charge in [0.25, 0.3) is 0 Å². The fourth-order valence-corrected chi connectivity index (χ4v) is 4.64. The number of benzene rings is 1. The Hall–Kier alpha value is -3.18. The summed E-state index contributed by atoms with van der Waals surface area (Å²) >= 11 is 1.11. The van der Waals surface area contributed by atoms with E-state index in [2.05, 4.69) is 20.2 Å². The first-order valence-corrected chi connectivity index (χ1v) is 10.3. The SMILES string of the molecule is CS(=O)(=O)c1ccc(-c2ncnc3ccc(-c4c[nH]nc4[N+](=O)[O-])cc23)s1. The smallest absolute Gasteiger partial charge is 0.358 e. The Morgan fingerprint density at radius 3 is 2.70 bits per heavy atom. The third kappa shape index (κ3) is 3.06. The van der Waals surface area contributed by atoms with Gasteiger partial charge in [0.05, 0.1) is 27.4 Å². The number of sulfone groups is 1. The van der Waals surface area contributed by atoms with Gasteiger partial charge in [0.1, 0.15) is 16.1 Å².